The van der Waals surface area contributed by atoms with E-state index in [0.29, 0.717) is 18.3 Å². The maximum absolute atomic E-state index is 4.55. The predicted octanol–water partition coefficient (Wildman–Crippen LogP) is 2.56. The lowest BCUT2D eigenvalue weighted by Gasteiger charge is -2.15. The van der Waals surface area contributed by atoms with Gasteiger partial charge in [0, 0.05) is 30.9 Å². The van der Waals surface area contributed by atoms with E-state index in [0.717, 1.165) is 28.5 Å². The maximum atomic E-state index is 4.55. The molecular weight excluding hydrogens is 302 g/mol. The van der Waals surface area contributed by atoms with Crippen molar-refractivity contribution in [1.82, 2.24) is 25.1 Å². The van der Waals surface area contributed by atoms with Crippen molar-refractivity contribution in [3.8, 4) is 11.4 Å². The smallest absolute Gasteiger partial charge is 0.227 e. The largest absolute Gasteiger partial charge is 0.362 e. The van der Waals surface area contributed by atoms with Crippen LogP contribution in [-0.4, -0.2) is 39.2 Å². The van der Waals surface area contributed by atoms with Gasteiger partial charge in [0.2, 0.25) is 5.95 Å². The van der Waals surface area contributed by atoms with E-state index in [9.17, 15) is 0 Å². The topological polar surface area (TPSA) is 82.6 Å². The van der Waals surface area contributed by atoms with Gasteiger partial charge < -0.3 is 10.2 Å². The highest BCUT2D eigenvalue weighted by atomic mass is 15.3. The molecule has 7 nitrogen and oxygen atoms in total. The Labute approximate surface area is 141 Å². The molecule has 0 atom stereocenters. The first-order valence-corrected chi connectivity index (χ1v) is 7.77. The first kappa shape index (κ1) is 15.9. The van der Waals surface area contributed by atoms with Crippen LogP contribution < -0.4 is 10.2 Å². The number of benzene rings is 1. The number of aromatic amines is 1. The Bertz CT molecular complexity index is 824. The summed E-state index contributed by atoms with van der Waals surface area (Å²) in [7, 11) is 3.85. The number of rotatable bonds is 5. The van der Waals surface area contributed by atoms with Gasteiger partial charge in [-0.1, -0.05) is 30.3 Å². The van der Waals surface area contributed by atoms with Gasteiger partial charge in [-0.25, -0.2) is 9.97 Å². The Morgan fingerprint density at radius 1 is 1.04 bits per heavy atom. The molecule has 124 valence electrons. The quantitative estimate of drug-likeness (QED) is 0.751. The predicted molar refractivity (Wildman–Crippen MR) is 95.0 cm³/mol. The molecule has 24 heavy (non-hydrogen) atoms. The van der Waals surface area contributed by atoms with Gasteiger partial charge >= 0.3 is 0 Å². The third-order valence-corrected chi connectivity index (χ3v) is 3.76. The van der Waals surface area contributed by atoms with E-state index in [-0.39, 0.29) is 0 Å². The molecule has 0 fully saturated rings. The molecule has 2 N–H and O–H groups in total. The van der Waals surface area contributed by atoms with Crippen LogP contribution in [0.4, 0.5) is 11.8 Å². The molecule has 2 aromatic heterocycles. The van der Waals surface area contributed by atoms with Crippen LogP contribution >= 0.6 is 0 Å². The zero-order valence-electron chi connectivity index (χ0n) is 14.3. The Kier molecular flexibility index (Phi) is 4.41. The normalized spacial score (nSPS) is 10.7. The minimum Gasteiger partial charge on any atom is -0.362 e. The van der Waals surface area contributed by atoms with Crippen molar-refractivity contribution in [2.45, 2.75) is 20.4 Å². The summed E-state index contributed by atoms with van der Waals surface area (Å²) < 4.78 is 0. The molecule has 0 radical (unpaired) electrons. The highest BCUT2D eigenvalue weighted by Gasteiger charge is 2.11. The van der Waals surface area contributed by atoms with Crippen molar-refractivity contribution in [2.75, 3.05) is 24.3 Å². The third kappa shape index (κ3) is 3.34. The minimum atomic E-state index is 0.518. The van der Waals surface area contributed by atoms with Crippen molar-refractivity contribution in [2.24, 2.45) is 0 Å². The number of aromatic nitrogens is 5. The van der Waals surface area contributed by atoms with Crippen LogP contribution in [0.2, 0.25) is 0 Å². The van der Waals surface area contributed by atoms with E-state index in [1.165, 1.54) is 0 Å². The maximum Gasteiger partial charge on any atom is 0.227 e. The van der Waals surface area contributed by atoms with Gasteiger partial charge in [0.15, 0.2) is 5.82 Å². The zero-order valence-corrected chi connectivity index (χ0v) is 14.3. The van der Waals surface area contributed by atoms with E-state index in [1.54, 1.807) is 0 Å². The summed E-state index contributed by atoms with van der Waals surface area (Å²) in [6.45, 7) is 4.51. The fourth-order valence-electron chi connectivity index (χ4n) is 2.24. The van der Waals surface area contributed by atoms with Gasteiger partial charge in [-0.15, -0.1) is 0 Å². The van der Waals surface area contributed by atoms with Gasteiger partial charge in [-0.05, 0) is 13.8 Å². The van der Waals surface area contributed by atoms with Crippen molar-refractivity contribution in [3.63, 3.8) is 0 Å². The number of anilines is 2. The highest BCUT2D eigenvalue weighted by molar-refractivity contribution is 5.54. The van der Waals surface area contributed by atoms with Crippen molar-refractivity contribution >= 4 is 11.8 Å². The summed E-state index contributed by atoms with van der Waals surface area (Å²) in [5.74, 6) is 2.94. The van der Waals surface area contributed by atoms with E-state index >= 15 is 0 Å². The summed E-state index contributed by atoms with van der Waals surface area (Å²) >= 11 is 0. The van der Waals surface area contributed by atoms with Crippen molar-refractivity contribution < 1.29 is 0 Å². The molecule has 1 aromatic carbocycles. The van der Waals surface area contributed by atoms with Gasteiger partial charge in [0.05, 0.1) is 6.54 Å². The fraction of sp³-hybridized carbons (Fsp3) is 0.294. The molecule has 0 aliphatic carbocycles. The Balaban J connectivity index is 1.76. The van der Waals surface area contributed by atoms with Gasteiger partial charge in [-0.3, -0.25) is 5.10 Å². The van der Waals surface area contributed by atoms with Crippen LogP contribution in [-0.2, 0) is 6.54 Å². The van der Waals surface area contributed by atoms with Crippen LogP contribution in [0.5, 0.6) is 0 Å². The molecule has 0 aliphatic heterocycles. The molecule has 3 aromatic rings. The number of H-pyrrole nitrogens is 1. The molecule has 7 heteroatoms. The Morgan fingerprint density at radius 2 is 1.79 bits per heavy atom. The first-order valence-electron chi connectivity index (χ1n) is 7.77. The van der Waals surface area contributed by atoms with Crippen LogP contribution in [0.25, 0.3) is 11.4 Å². The first-order chi connectivity index (χ1) is 11.5. The molecule has 0 saturated carbocycles. The minimum absolute atomic E-state index is 0.518. The molecule has 0 unspecified atom stereocenters. The second kappa shape index (κ2) is 6.66. The van der Waals surface area contributed by atoms with E-state index < -0.39 is 0 Å². The molecular formula is C17H21N7. The fourth-order valence-corrected chi connectivity index (χ4v) is 2.24. The highest BCUT2D eigenvalue weighted by Crippen LogP contribution is 2.19. The van der Waals surface area contributed by atoms with E-state index in [4.69, 9.17) is 0 Å². The Morgan fingerprint density at radius 3 is 2.50 bits per heavy atom. The van der Waals surface area contributed by atoms with E-state index in [2.05, 4.69) is 30.5 Å². The number of nitrogens with one attached hydrogen (secondary N) is 2. The van der Waals surface area contributed by atoms with Gasteiger partial charge in [0.25, 0.3) is 0 Å². The average molecular weight is 323 g/mol. The average Bonchev–Trinajstić information content (AvgIpc) is 3.05. The van der Waals surface area contributed by atoms with Crippen LogP contribution in [0.3, 0.4) is 0 Å². The standard InChI is InChI=1S/C17H21N7/c1-11-12(2)19-17(24(3)4)21-15(11)18-10-14-20-16(23-22-14)13-8-6-5-7-9-13/h5-9H,10H2,1-4H3,(H,18,19,21)(H,20,22,23). The number of hydrogen-bond donors (Lipinski definition) is 2. The van der Waals surface area contributed by atoms with E-state index in [1.807, 2.05) is 63.2 Å². The molecule has 0 amide bonds. The lowest BCUT2D eigenvalue weighted by molar-refractivity contribution is 0.921. The molecule has 0 spiro atoms. The number of aryl methyl sites for hydroxylation is 1. The van der Waals surface area contributed by atoms with Crippen LogP contribution in [0.1, 0.15) is 17.1 Å². The van der Waals surface area contributed by atoms with Crippen LogP contribution in [0, 0.1) is 13.8 Å². The molecule has 2 heterocycles. The third-order valence-electron chi connectivity index (χ3n) is 3.76. The lowest BCUT2D eigenvalue weighted by atomic mass is 10.2. The molecule has 0 aliphatic rings. The summed E-state index contributed by atoms with van der Waals surface area (Å²) in [4.78, 5) is 15.4. The van der Waals surface area contributed by atoms with Crippen LogP contribution in [0.15, 0.2) is 30.3 Å². The number of hydrogen-bond acceptors (Lipinski definition) is 6. The molecule has 3 rings (SSSR count). The monoisotopic (exact) mass is 323 g/mol. The molecule has 0 bridgehead atoms. The van der Waals surface area contributed by atoms with Crippen molar-refractivity contribution in [3.05, 3.63) is 47.4 Å². The number of nitrogens with zero attached hydrogens (tertiary/aromatic N) is 5. The molecule has 0 saturated heterocycles. The second-order valence-corrected chi connectivity index (χ2v) is 5.80. The summed E-state index contributed by atoms with van der Waals surface area (Å²) in [6, 6.07) is 9.89. The van der Waals surface area contributed by atoms with Gasteiger partial charge in [-0.2, -0.15) is 10.1 Å². The zero-order chi connectivity index (χ0) is 17.1. The van der Waals surface area contributed by atoms with Crippen molar-refractivity contribution in [1.29, 1.82) is 0 Å². The summed E-state index contributed by atoms with van der Waals surface area (Å²) in [6.07, 6.45) is 0. The second-order valence-electron chi connectivity index (χ2n) is 5.80. The summed E-state index contributed by atoms with van der Waals surface area (Å²) in [5, 5.41) is 10.6. The summed E-state index contributed by atoms with van der Waals surface area (Å²) in [5.41, 5.74) is 2.98. The lowest BCUT2D eigenvalue weighted by Crippen LogP contribution is -2.16. The SMILES string of the molecule is Cc1nc(N(C)C)nc(NCc2nc(-c3ccccc3)n[nH]2)c1C. The van der Waals surface area contributed by atoms with Gasteiger partial charge in [0.1, 0.15) is 11.6 Å². The Hall–Kier alpha value is -2.96.